The largest absolute Gasteiger partial charge is 0.370 e. The van der Waals surface area contributed by atoms with Crippen LogP contribution in [0, 0.1) is 5.82 Å². The Morgan fingerprint density at radius 1 is 1.47 bits per heavy atom. The molecule has 1 aromatic rings. The van der Waals surface area contributed by atoms with Gasteiger partial charge in [0.1, 0.15) is 18.9 Å². The smallest absolute Gasteiger partial charge is 0.282 e. The average Bonchev–Trinajstić information content (AvgIpc) is 2.42. The molecule has 1 aliphatic heterocycles. The Balaban J connectivity index is 1.99. The zero-order valence-electron chi connectivity index (χ0n) is 10.7. The van der Waals surface area contributed by atoms with Crippen molar-refractivity contribution in [3.05, 3.63) is 29.0 Å². The molecule has 0 radical (unpaired) electrons. The number of rotatable bonds is 3. The normalized spacial score (nSPS) is 18.1. The molecular formula is C13H17ClFN2O2+. The van der Waals surface area contributed by atoms with Crippen molar-refractivity contribution in [2.24, 2.45) is 0 Å². The first kappa shape index (κ1) is 14.2. The molecule has 0 spiro atoms. The SMILES string of the molecule is C[C@@H](C(=O)Nc1ccc(Cl)cc1F)[NH+]1CCOCC1. The maximum Gasteiger partial charge on any atom is 0.282 e. The molecule has 0 aromatic heterocycles. The van der Waals surface area contributed by atoms with Gasteiger partial charge in [-0.15, -0.1) is 0 Å². The molecule has 6 heteroatoms. The molecule has 1 heterocycles. The lowest BCUT2D eigenvalue weighted by Gasteiger charge is -2.28. The number of nitrogens with one attached hydrogen (secondary N) is 2. The van der Waals surface area contributed by atoms with Crippen molar-refractivity contribution in [3.8, 4) is 0 Å². The van der Waals surface area contributed by atoms with Crippen LogP contribution in [-0.4, -0.2) is 38.3 Å². The van der Waals surface area contributed by atoms with E-state index in [0.717, 1.165) is 18.0 Å². The second-order valence-corrected chi connectivity index (χ2v) is 5.04. The highest BCUT2D eigenvalue weighted by molar-refractivity contribution is 6.30. The lowest BCUT2D eigenvalue weighted by atomic mass is 10.2. The Hall–Kier alpha value is -1.17. The Morgan fingerprint density at radius 2 is 2.16 bits per heavy atom. The first-order valence-electron chi connectivity index (χ1n) is 6.26. The molecule has 19 heavy (non-hydrogen) atoms. The van der Waals surface area contributed by atoms with Gasteiger partial charge in [0.25, 0.3) is 5.91 Å². The maximum atomic E-state index is 13.6. The molecule has 4 nitrogen and oxygen atoms in total. The first-order chi connectivity index (χ1) is 9.08. The summed E-state index contributed by atoms with van der Waals surface area (Å²) in [4.78, 5) is 13.2. The van der Waals surface area contributed by atoms with Gasteiger partial charge in [-0.3, -0.25) is 4.79 Å². The third kappa shape index (κ3) is 3.65. The molecule has 0 unspecified atom stereocenters. The van der Waals surface area contributed by atoms with E-state index in [0.29, 0.717) is 18.2 Å². The standard InChI is InChI=1S/C13H16ClFN2O2/c1-9(17-4-6-19-7-5-17)13(18)16-12-3-2-10(14)8-11(12)15/h2-3,8-9H,4-7H2,1H3,(H,16,18)/p+1/t9-/m0/s1. The summed E-state index contributed by atoms with van der Waals surface area (Å²) in [7, 11) is 0. The summed E-state index contributed by atoms with van der Waals surface area (Å²) in [6.45, 7) is 4.73. The molecule has 1 aromatic carbocycles. The van der Waals surface area contributed by atoms with Crippen LogP contribution in [0.3, 0.4) is 0 Å². The monoisotopic (exact) mass is 287 g/mol. The van der Waals surface area contributed by atoms with Gasteiger partial charge < -0.3 is 15.0 Å². The molecule has 1 amide bonds. The number of ether oxygens (including phenoxy) is 1. The predicted octanol–water partition coefficient (Wildman–Crippen LogP) is 0.721. The summed E-state index contributed by atoms with van der Waals surface area (Å²) >= 11 is 5.67. The highest BCUT2D eigenvalue weighted by Gasteiger charge is 2.27. The molecule has 1 aliphatic rings. The van der Waals surface area contributed by atoms with E-state index in [-0.39, 0.29) is 17.6 Å². The van der Waals surface area contributed by atoms with Crippen molar-refractivity contribution >= 4 is 23.2 Å². The summed E-state index contributed by atoms with van der Waals surface area (Å²) < 4.78 is 18.8. The second kappa shape index (κ2) is 6.32. The number of carbonyl (C=O) groups excluding carboxylic acids is 1. The van der Waals surface area contributed by atoms with Crippen LogP contribution in [0.2, 0.25) is 5.02 Å². The van der Waals surface area contributed by atoms with Crippen molar-refractivity contribution < 1.29 is 18.8 Å². The van der Waals surface area contributed by atoms with Gasteiger partial charge in [-0.2, -0.15) is 0 Å². The van der Waals surface area contributed by atoms with Crippen LogP contribution in [0.15, 0.2) is 18.2 Å². The number of quaternary nitrogens is 1. The Morgan fingerprint density at radius 3 is 2.79 bits per heavy atom. The number of hydrogen-bond donors (Lipinski definition) is 2. The van der Waals surface area contributed by atoms with Crippen LogP contribution in [0.1, 0.15) is 6.92 Å². The number of anilines is 1. The van der Waals surface area contributed by atoms with Crippen molar-refractivity contribution in [1.29, 1.82) is 0 Å². The molecule has 2 N–H and O–H groups in total. The minimum atomic E-state index is -0.523. The fourth-order valence-corrected chi connectivity index (χ4v) is 2.24. The van der Waals surface area contributed by atoms with Crippen LogP contribution in [0.4, 0.5) is 10.1 Å². The summed E-state index contributed by atoms with van der Waals surface area (Å²) in [6.07, 6.45) is 0. The van der Waals surface area contributed by atoms with E-state index in [4.69, 9.17) is 16.3 Å². The number of amides is 1. The van der Waals surface area contributed by atoms with Gasteiger partial charge in [-0.1, -0.05) is 11.6 Å². The lowest BCUT2D eigenvalue weighted by Crippen LogP contribution is -3.18. The summed E-state index contributed by atoms with van der Waals surface area (Å²) in [5.41, 5.74) is 0.161. The molecule has 0 aliphatic carbocycles. The van der Waals surface area contributed by atoms with Gasteiger partial charge in [-0.25, -0.2) is 4.39 Å². The minimum absolute atomic E-state index is 0.161. The number of morpholine rings is 1. The number of carbonyl (C=O) groups is 1. The molecule has 2 rings (SSSR count). The third-order valence-electron chi connectivity index (χ3n) is 3.33. The van der Waals surface area contributed by atoms with Gasteiger partial charge >= 0.3 is 0 Å². The quantitative estimate of drug-likeness (QED) is 0.860. The molecule has 104 valence electrons. The van der Waals surface area contributed by atoms with Gasteiger partial charge in [0.05, 0.1) is 18.9 Å². The van der Waals surface area contributed by atoms with Gasteiger partial charge in [0.2, 0.25) is 0 Å². The average molecular weight is 288 g/mol. The zero-order chi connectivity index (χ0) is 13.8. The molecule has 1 saturated heterocycles. The van der Waals surface area contributed by atoms with E-state index < -0.39 is 5.82 Å². The third-order valence-corrected chi connectivity index (χ3v) is 3.56. The summed E-state index contributed by atoms with van der Waals surface area (Å²) in [5.74, 6) is -0.719. The van der Waals surface area contributed by atoms with Crippen LogP contribution in [0.25, 0.3) is 0 Å². The lowest BCUT2D eigenvalue weighted by molar-refractivity contribution is -0.921. The van der Waals surface area contributed by atoms with Crippen LogP contribution in [-0.2, 0) is 9.53 Å². The number of hydrogen-bond acceptors (Lipinski definition) is 2. The summed E-state index contributed by atoms with van der Waals surface area (Å²) in [5, 5.41) is 2.91. The van der Waals surface area contributed by atoms with Crippen LogP contribution in [0.5, 0.6) is 0 Å². The fourth-order valence-electron chi connectivity index (χ4n) is 2.08. The Bertz CT molecular complexity index is 464. The Labute approximate surface area is 116 Å². The molecule has 1 atom stereocenters. The molecule has 0 saturated carbocycles. The second-order valence-electron chi connectivity index (χ2n) is 4.61. The van der Waals surface area contributed by atoms with E-state index in [9.17, 15) is 9.18 Å². The van der Waals surface area contributed by atoms with Crippen LogP contribution >= 0.6 is 11.6 Å². The topological polar surface area (TPSA) is 42.8 Å². The van der Waals surface area contributed by atoms with E-state index in [1.807, 2.05) is 6.92 Å². The van der Waals surface area contributed by atoms with E-state index in [1.54, 1.807) is 6.07 Å². The zero-order valence-corrected chi connectivity index (χ0v) is 11.5. The Kier molecular flexibility index (Phi) is 4.74. The van der Waals surface area contributed by atoms with E-state index in [1.165, 1.54) is 12.1 Å². The van der Waals surface area contributed by atoms with Crippen molar-refractivity contribution in [3.63, 3.8) is 0 Å². The van der Waals surface area contributed by atoms with Crippen molar-refractivity contribution in [1.82, 2.24) is 0 Å². The minimum Gasteiger partial charge on any atom is -0.370 e. The first-order valence-corrected chi connectivity index (χ1v) is 6.64. The predicted molar refractivity (Wildman–Crippen MR) is 71.0 cm³/mol. The molecular weight excluding hydrogens is 271 g/mol. The molecule has 0 bridgehead atoms. The van der Waals surface area contributed by atoms with Crippen molar-refractivity contribution in [2.75, 3.05) is 31.6 Å². The van der Waals surface area contributed by atoms with E-state index >= 15 is 0 Å². The number of benzene rings is 1. The van der Waals surface area contributed by atoms with Crippen LogP contribution < -0.4 is 10.2 Å². The summed E-state index contributed by atoms with van der Waals surface area (Å²) in [6, 6.07) is 3.96. The maximum absolute atomic E-state index is 13.6. The van der Waals surface area contributed by atoms with Gasteiger partial charge in [-0.05, 0) is 25.1 Å². The number of halogens is 2. The highest BCUT2D eigenvalue weighted by atomic mass is 35.5. The van der Waals surface area contributed by atoms with Crippen molar-refractivity contribution in [2.45, 2.75) is 13.0 Å². The van der Waals surface area contributed by atoms with Gasteiger partial charge in [0, 0.05) is 5.02 Å². The van der Waals surface area contributed by atoms with Gasteiger partial charge in [0.15, 0.2) is 6.04 Å². The fraction of sp³-hybridized carbons (Fsp3) is 0.462. The highest BCUT2D eigenvalue weighted by Crippen LogP contribution is 2.18. The van der Waals surface area contributed by atoms with E-state index in [2.05, 4.69) is 5.32 Å². The molecule has 1 fully saturated rings.